The van der Waals surface area contributed by atoms with E-state index >= 15 is 0 Å². The molecule has 24 heavy (non-hydrogen) atoms. The molecule has 1 aromatic carbocycles. The normalized spacial score (nSPS) is 21.2. The van der Waals surface area contributed by atoms with Gasteiger partial charge in [-0.15, -0.1) is 0 Å². The number of nitrogens with zero attached hydrogens (tertiary/aromatic N) is 1. The van der Waals surface area contributed by atoms with E-state index in [1.807, 2.05) is 0 Å². The molecule has 132 valence electrons. The van der Waals surface area contributed by atoms with Gasteiger partial charge >= 0.3 is 6.61 Å². The average Bonchev–Trinajstić information content (AvgIpc) is 2.55. The number of carbonyl (C=O) groups excluding carboxylic acids is 1. The molecule has 2 atom stereocenters. The van der Waals surface area contributed by atoms with Gasteiger partial charge in [0.05, 0.1) is 6.10 Å². The van der Waals surface area contributed by atoms with Gasteiger partial charge in [-0.2, -0.15) is 8.78 Å². The van der Waals surface area contributed by atoms with Crippen LogP contribution in [0, 0.1) is 5.92 Å². The number of rotatable bonds is 6. The van der Waals surface area contributed by atoms with Gasteiger partial charge in [-0.3, -0.25) is 4.79 Å². The molecular formula is C18H23F2NO3. The SMILES string of the molecule is CN(CC1CCCCC1O)C(=O)/C=C/c1ccccc1OC(F)F. The number of hydrogen-bond acceptors (Lipinski definition) is 3. The molecule has 6 heteroatoms. The molecule has 1 aromatic rings. The van der Waals surface area contributed by atoms with Crippen LogP contribution in [0.4, 0.5) is 8.78 Å². The second-order valence-corrected chi connectivity index (χ2v) is 6.08. The summed E-state index contributed by atoms with van der Waals surface area (Å²) in [4.78, 5) is 13.7. The highest BCUT2D eigenvalue weighted by Gasteiger charge is 2.25. The predicted molar refractivity (Wildman–Crippen MR) is 87.7 cm³/mol. The van der Waals surface area contributed by atoms with E-state index in [4.69, 9.17) is 0 Å². The van der Waals surface area contributed by atoms with E-state index in [0.29, 0.717) is 12.1 Å². The second-order valence-electron chi connectivity index (χ2n) is 6.08. The standard InChI is InChI=1S/C18H23F2NO3/c1-21(12-14-7-2-4-8-15(14)22)17(23)11-10-13-6-3-5-9-16(13)24-18(19)20/h3,5-6,9-11,14-15,18,22H,2,4,7-8,12H2,1H3/b11-10+. The Balaban J connectivity index is 1.97. The summed E-state index contributed by atoms with van der Waals surface area (Å²) in [5.41, 5.74) is 0.414. The number of halogens is 2. The van der Waals surface area contributed by atoms with Gasteiger partial charge in [-0.1, -0.05) is 31.0 Å². The summed E-state index contributed by atoms with van der Waals surface area (Å²) in [5, 5.41) is 9.98. The lowest BCUT2D eigenvalue weighted by molar-refractivity contribution is -0.126. The van der Waals surface area contributed by atoms with Crippen LogP contribution in [0.5, 0.6) is 5.75 Å². The summed E-state index contributed by atoms with van der Waals surface area (Å²) >= 11 is 0. The third-order valence-corrected chi connectivity index (χ3v) is 4.29. The highest BCUT2D eigenvalue weighted by Crippen LogP contribution is 2.25. The van der Waals surface area contributed by atoms with E-state index in [0.717, 1.165) is 25.7 Å². The molecule has 0 heterocycles. The molecular weight excluding hydrogens is 316 g/mol. The fourth-order valence-corrected chi connectivity index (χ4v) is 2.95. The van der Waals surface area contributed by atoms with Crippen molar-refractivity contribution in [3.63, 3.8) is 0 Å². The maximum atomic E-state index is 12.4. The number of benzene rings is 1. The Morgan fingerprint density at radius 2 is 2.08 bits per heavy atom. The zero-order valence-electron chi connectivity index (χ0n) is 13.7. The molecule has 4 nitrogen and oxygen atoms in total. The third kappa shape index (κ3) is 5.30. The number of hydrogen-bond donors (Lipinski definition) is 1. The number of aliphatic hydroxyl groups excluding tert-OH is 1. The van der Waals surface area contributed by atoms with Crippen molar-refractivity contribution >= 4 is 12.0 Å². The number of ether oxygens (including phenoxy) is 1. The van der Waals surface area contributed by atoms with Gasteiger partial charge in [0, 0.05) is 31.1 Å². The molecule has 1 fully saturated rings. The van der Waals surface area contributed by atoms with Gasteiger partial charge in [0.1, 0.15) is 5.75 Å². The predicted octanol–water partition coefficient (Wildman–Crippen LogP) is 3.31. The van der Waals surface area contributed by atoms with Crippen molar-refractivity contribution in [3.8, 4) is 5.75 Å². The van der Waals surface area contributed by atoms with Gasteiger partial charge in [0.2, 0.25) is 5.91 Å². The zero-order chi connectivity index (χ0) is 17.5. The molecule has 0 radical (unpaired) electrons. The minimum Gasteiger partial charge on any atom is -0.434 e. The molecule has 0 bridgehead atoms. The highest BCUT2D eigenvalue weighted by molar-refractivity contribution is 5.92. The maximum Gasteiger partial charge on any atom is 0.387 e. The monoisotopic (exact) mass is 339 g/mol. The molecule has 0 spiro atoms. The van der Waals surface area contributed by atoms with Crippen molar-refractivity contribution in [2.24, 2.45) is 5.92 Å². The first-order chi connectivity index (χ1) is 11.5. The molecule has 2 unspecified atom stereocenters. The van der Waals surface area contributed by atoms with Crippen LogP contribution >= 0.6 is 0 Å². The Bertz CT molecular complexity index is 577. The first-order valence-corrected chi connectivity index (χ1v) is 8.12. The Morgan fingerprint density at radius 1 is 1.38 bits per heavy atom. The van der Waals surface area contributed by atoms with Gasteiger partial charge in [-0.25, -0.2) is 0 Å². The van der Waals surface area contributed by atoms with Crippen LogP contribution in [0.15, 0.2) is 30.3 Å². The van der Waals surface area contributed by atoms with Gasteiger partial charge in [0.25, 0.3) is 0 Å². The maximum absolute atomic E-state index is 12.4. The van der Waals surface area contributed by atoms with Gasteiger partial charge in [-0.05, 0) is 25.0 Å². The molecule has 1 aliphatic carbocycles. The first-order valence-electron chi connectivity index (χ1n) is 8.12. The van der Waals surface area contributed by atoms with Crippen LogP contribution < -0.4 is 4.74 Å². The topological polar surface area (TPSA) is 49.8 Å². The minimum atomic E-state index is -2.91. The van der Waals surface area contributed by atoms with Crippen molar-refractivity contribution < 1.29 is 23.4 Å². The smallest absolute Gasteiger partial charge is 0.387 e. The second kappa shape index (κ2) is 8.78. The van der Waals surface area contributed by atoms with E-state index in [9.17, 15) is 18.7 Å². The van der Waals surface area contributed by atoms with E-state index < -0.39 is 6.61 Å². The lowest BCUT2D eigenvalue weighted by atomic mass is 9.86. The van der Waals surface area contributed by atoms with Crippen LogP contribution in [-0.4, -0.2) is 42.2 Å². The fourth-order valence-electron chi connectivity index (χ4n) is 2.95. The molecule has 0 aliphatic heterocycles. The number of aliphatic hydroxyl groups is 1. The quantitative estimate of drug-likeness (QED) is 0.809. The van der Waals surface area contributed by atoms with E-state index in [1.165, 1.54) is 18.2 Å². The van der Waals surface area contributed by atoms with Crippen LogP contribution in [0.25, 0.3) is 6.08 Å². The summed E-state index contributed by atoms with van der Waals surface area (Å²) < 4.78 is 29.2. The number of para-hydroxylation sites is 1. The summed E-state index contributed by atoms with van der Waals surface area (Å²) in [5.74, 6) is -0.114. The molecule has 1 N–H and O–H groups in total. The average molecular weight is 339 g/mol. The number of alkyl halides is 2. The van der Waals surface area contributed by atoms with Crippen molar-refractivity contribution in [1.29, 1.82) is 0 Å². The molecule has 1 saturated carbocycles. The Morgan fingerprint density at radius 3 is 2.79 bits per heavy atom. The Hall–Kier alpha value is -1.95. The highest BCUT2D eigenvalue weighted by atomic mass is 19.3. The Labute approximate surface area is 140 Å². The lowest BCUT2D eigenvalue weighted by Gasteiger charge is -2.30. The van der Waals surface area contributed by atoms with E-state index in [2.05, 4.69) is 4.74 Å². The molecule has 0 saturated heterocycles. The molecule has 0 aromatic heterocycles. The lowest BCUT2D eigenvalue weighted by Crippen LogP contribution is -2.37. The summed E-state index contributed by atoms with van der Waals surface area (Å²) in [7, 11) is 1.68. The summed E-state index contributed by atoms with van der Waals surface area (Å²) in [6.45, 7) is -2.43. The van der Waals surface area contributed by atoms with Crippen LogP contribution in [0.1, 0.15) is 31.2 Å². The van der Waals surface area contributed by atoms with Crippen LogP contribution in [-0.2, 0) is 4.79 Å². The number of carbonyl (C=O) groups is 1. The molecule has 2 rings (SSSR count). The largest absolute Gasteiger partial charge is 0.434 e. The van der Waals surface area contributed by atoms with Gasteiger partial charge < -0.3 is 14.7 Å². The van der Waals surface area contributed by atoms with Crippen molar-refractivity contribution in [1.82, 2.24) is 4.90 Å². The van der Waals surface area contributed by atoms with Crippen molar-refractivity contribution in [3.05, 3.63) is 35.9 Å². The first kappa shape index (κ1) is 18.4. The van der Waals surface area contributed by atoms with E-state index in [-0.39, 0.29) is 23.7 Å². The van der Waals surface area contributed by atoms with Gasteiger partial charge in [0.15, 0.2) is 0 Å². The minimum absolute atomic E-state index is 0.0295. The van der Waals surface area contributed by atoms with E-state index in [1.54, 1.807) is 30.1 Å². The zero-order valence-corrected chi connectivity index (χ0v) is 13.7. The van der Waals surface area contributed by atoms with Crippen LogP contribution in [0.2, 0.25) is 0 Å². The number of amides is 1. The van der Waals surface area contributed by atoms with Crippen molar-refractivity contribution in [2.45, 2.75) is 38.4 Å². The van der Waals surface area contributed by atoms with Crippen LogP contribution in [0.3, 0.4) is 0 Å². The summed E-state index contributed by atoms with van der Waals surface area (Å²) in [6, 6.07) is 6.31. The summed E-state index contributed by atoms with van der Waals surface area (Å²) in [6.07, 6.45) is 6.22. The van der Waals surface area contributed by atoms with Crippen molar-refractivity contribution in [2.75, 3.05) is 13.6 Å². The molecule has 1 aliphatic rings. The molecule has 1 amide bonds. The number of likely N-dealkylation sites (N-methyl/N-ethyl adjacent to an activating group) is 1. The Kier molecular flexibility index (Phi) is 6.73. The fraction of sp³-hybridized carbons (Fsp3) is 0.500. The third-order valence-electron chi connectivity index (χ3n) is 4.29.